The molecule has 1 aromatic heterocycles. The summed E-state index contributed by atoms with van der Waals surface area (Å²) in [6.07, 6.45) is 4.83. The van der Waals surface area contributed by atoms with E-state index in [9.17, 15) is 4.79 Å². The number of furan rings is 1. The molecule has 5 nitrogen and oxygen atoms in total. The molecule has 1 aliphatic heterocycles. The van der Waals surface area contributed by atoms with Gasteiger partial charge in [-0.3, -0.25) is 9.69 Å². The van der Waals surface area contributed by atoms with Gasteiger partial charge in [0.2, 0.25) is 0 Å². The molecule has 26 heavy (non-hydrogen) atoms. The highest BCUT2D eigenvalue weighted by molar-refractivity contribution is 5.94. The minimum Gasteiger partial charge on any atom is -0.467 e. The summed E-state index contributed by atoms with van der Waals surface area (Å²) in [5.74, 6) is 0.872. The summed E-state index contributed by atoms with van der Waals surface area (Å²) in [6, 6.07) is 10.5. The normalized spacial score (nSPS) is 20.6. The predicted molar refractivity (Wildman–Crippen MR) is 99.0 cm³/mol. The molecule has 4 rings (SSSR count). The highest BCUT2D eigenvalue weighted by Crippen LogP contribution is 2.34. The zero-order chi connectivity index (χ0) is 17.9. The number of ether oxygens (including phenoxy) is 1. The fourth-order valence-corrected chi connectivity index (χ4v) is 4.03. The van der Waals surface area contributed by atoms with Crippen LogP contribution in [0.25, 0.3) is 0 Å². The summed E-state index contributed by atoms with van der Waals surface area (Å²) in [5, 5.41) is 0. The van der Waals surface area contributed by atoms with Crippen molar-refractivity contribution in [2.45, 2.75) is 31.8 Å². The third kappa shape index (κ3) is 3.55. The summed E-state index contributed by atoms with van der Waals surface area (Å²) < 4.78 is 11.0. The van der Waals surface area contributed by atoms with Crippen molar-refractivity contribution in [2.75, 3.05) is 33.4 Å². The molecule has 1 aliphatic carbocycles. The summed E-state index contributed by atoms with van der Waals surface area (Å²) in [7, 11) is 1.91. The first-order valence-electron chi connectivity index (χ1n) is 9.45. The number of hydrogen-bond donors (Lipinski definition) is 0. The molecule has 1 fully saturated rings. The average molecular weight is 354 g/mol. The molecule has 1 aromatic carbocycles. The Morgan fingerprint density at radius 1 is 1.27 bits per heavy atom. The van der Waals surface area contributed by atoms with E-state index in [4.69, 9.17) is 9.15 Å². The van der Waals surface area contributed by atoms with Crippen LogP contribution in [-0.2, 0) is 17.7 Å². The van der Waals surface area contributed by atoms with E-state index in [1.807, 2.05) is 18.0 Å². The molecule has 1 unspecified atom stereocenters. The fraction of sp³-hybridized carbons (Fsp3) is 0.476. The molecular formula is C21H26N2O3. The topological polar surface area (TPSA) is 45.9 Å². The van der Waals surface area contributed by atoms with Crippen molar-refractivity contribution in [2.24, 2.45) is 0 Å². The van der Waals surface area contributed by atoms with E-state index in [1.165, 1.54) is 11.1 Å². The molecule has 0 bridgehead atoms. The Morgan fingerprint density at radius 2 is 2.08 bits per heavy atom. The smallest absolute Gasteiger partial charge is 0.257 e. The number of benzene rings is 1. The van der Waals surface area contributed by atoms with Gasteiger partial charge in [-0.25, -0.2) is 0 Å². The van der Waals surface area contributed by atoms with Crippen LogP contribution in [0.3, 0.4) is 0 Å². The maximum atomic E-state index is 13.0. The number of amides is 1. The van der Waals surface area contributed by atoms with E-state index in [-0.39, 0.29) is 11.9 Å². The quantitative estimate of drug-likeness (QED) is 0.845. The number of morpholine rings is 1. The minimum absolute atomic E-state index is 0.0312. The maximum absolute atomic E-state index is 13.0. The van der Waals surface area contributed by atoms with E-state index in [0.29, 0.717) is 5.56 Å². The average Bonchev–Trinajstić information content (AvgIpc) is 3.15. The fourth-order valence-electron chi connectivity index (χ4n) is 4.03. The van der Waals surface area contributed by atoms with E-state index < -0.39 is 0 Å². The SMILES string of the molecule is CN(C(=O)c1coc(CN2CCOCC2)c1)C1CCCc2ccccc21. The van der Waals surface area contributed by atoms with Gasteiger partial charge in [-0.15, -0.1) is 0 Å². The van der Waals surface area contributed by atoms with Crippen LogP contribution in [0, 0.1) is 0 Å². The van der Waals surface area contributed by atoms with Crippen LogP contribution in [0.1, 0.15) is 46.1 Å². The number of hydrogen-bond acceptors (Lipinski definition) is 4. The van der Waals surface area contributed by atoms with Crippen molar-refractivity contribution in [3.8, 4) is 0 Å². The van der Waals surface area contributed by atoms with Gasteiger partial charge >= 0.3 is 0 Å². The molecule has 2 aromatic rings. The summed E-state index contributed by atoms with van der Waals surface area (Å²) in [6.45, 7) is 4.06. The van der Waals surface area contributed by atoms with Crippen LogP contribution in [0.5, 0.6) is 0 Å². The molecular weight excluding hydrogens is 328 g/mol. The second kappa shape index (κ2) is 7.64. The van der Waals surface area contributed by atoms with E-state index >= 15 is 0 Å². The van der Waals surface area contributed by atoms with Crippen LogP contribution in [-0.4, -0.2) is 49.1 Å². The van der Waals surface area contributed by atoms with Crippen molar-refractivity contribution in [3.63, 3.8) is 0 Å². The van der Waals surface area contributed by atoms with Gasteiger partial charge in [-0.05, 0) is 36.5 Å². The third-order valence-corrected chi connectivity index (χ3v) is 5.51. The Hall–Kier alpha value is -2.11. The number of carbonyl (C=O) groups is 1. The molecule has 2 aliphatic rings. The van der Waals surface area contributed by atoms with Crippen LogP contribution in [0.4, 0.5) is 0 Å². The third-order valence-electron chi connectivity index (χ3n) is 5.51. The van der Waals surface area contributed by atoms with Crippen molar-refractivity contribution in [1.29, 1.82) is 0 Å². The molecule has 5 heteroatoms. The Kier molecular flexibility index (Phi) is 5.09. The van der Waals surface area contributed by atoms with Gasteiger partial charge in [0.1, 0.15) is 12.0 Å². The van der Waals surface area contributed by atoms with Gasteiger partial charge in [0.25, 0.3) is 5.91 Å². The van der Waals surface area contributed by atoms with E-state index in [1.54, 1.807) is 6.26 Å². The first-order valence-corrected chi connectivity index (χ1v) is 9.45. The van der Waals surface area contributed by atoms with Gasteiger partial charge in [0.15, 0.2) is 0 Å². The summed E-state index contributed by atoms with van der Waals surface area (Å²) in [5.41, 5.74) is 3.29. The Labute approximate surface area is 154 Å². The lowest BCUT2D eigenvalue weighted by Gasteiger charge is -2.33. The van der Waals surface area contributed by atoms with Gasteiger partial charge in [-0.2, -0.15) is 0 Å². The summed E-state index contributed by atoms with van der Waals surface area (Å²) in [4.78, 5) is 17.2. The number of aryl methyl sites for hydroxylation is 1. The van der Waals surface area contributed by atoms with E-state index in [2.05, 4.69) is 29.2 Å². The monoisotopic (exact) mass is 354 g/mol. The lowest BCUT2D eigenvalue weighted by atomic mass is 9.87. The van der Waals surface area contributed by atoms with Crippen LogP contribution in [0.2, 0.25) is 0 Å². The predicted octanol–water partition coefficient (Wildman–Crippen LogP) is 3.26. The van der Waals surface area contributed by atoms with Gasteiger partial charge < -0.3 is 14.1 Å². The highest BCUT2D eigenvalue weighted by Gasteiger charge is 2.28. The molecule has 1 amide bonds. The molecule has 0 N–H and O–H groups in total. The largest absolute Gasteiger partial charge is 0.467 e. The van der Waals surface area contributed by atoms with E-state index in [0.717, 1.165) is 57.9 Å². The Bertz CT molecular complexity index is 764. The standard InChI is InChI=1S/C21H26N2O3/c1-22(20-8-4-6-16-5-2-3-7-19(16)20)21(24)17-13-18(26-15-17)14-23-9-11-25-12-10-23/h2-3,5,7,13,15,20H,4,6,8-12,14H2,1H3. The van der Waals surface area contributed by atoms with Gasteiger partial charge in [0, 0.05) is 20.1 Å². The molecule has 0 saturated carbocycles. The molecule has 1 saturated heterocycles. The van der Waals surface area contributed by atoms with Gasteiger partial charge in [-0.1, -0.05) is 24.3 Å². The first kappa shape index (κ1) is 17.3. The number of fused-ring (bicyclic) bond motifs is 1. The number of carbonyl (C=O) groups excluding carboxylic acids is 1. The molecule has 0 radical (unpaired) electrons. The number of rotatable bonds is 4. The molecule has 0 spiro atoms. The van der Waals surface area contributed by atoms with Crippen LogP contribution < -0.4 is 0 Å². The first-order chi connectivity index (χ1) is 12.7. The Balaban J connectivity index is 1.46. The number of nitrogens with zero attached hydrogens (tertiary/aromatic N) is 2. The molecule has 1 atom stereocenters. The second-order valence-corrected chi connectivity index (χ2v) is 7.21. The van der Waals surface area contributed by atoms with Crippen molar-refractivity contribution >= 4 is 5.91 Å². The highest BCUT2D eigenvalue weighted by atomic mass is 16.5. The second-order valence-electron chi connectivity index (χ2n) is 7.21. The zero-order valence-electron chi connectivity index (χ0n) is 15.3. The lowest BCUT2D eigenvalue weighted by molar-refractivity contribution is 0.0313. The van der Waals surface area contributed by atoms with Crippen LogP contribution >= 0.6 is 0 Å². The molecule has 138 valence electrons. The van der Waals surface area contributed by atoms with Crippen LogP contribution in [0.15, 0.2) is 41.0 Å². The maximum Gasteiger partial charge on any atom is 0.257 e. The van der Waals surface area contributed by atoms with Crippen molar-refractivity contribution in [1.82, 2.24) is 9.80 Å². The van der Waals surface area contributed by atoms with Gasteiger partial charge in [0.05, 0.1) is 31.4 Å². The zero-order valence-corrected chi connectivity index (χ0v) is 15.3. The minimum atomic E-state index is 0.0312. The van der Waals surface area contributed by atoms with Crippen molar-refractivity contribution < 1.29 is 13.9 Å². The van der Waals surface area contributed by atoms with Crippen molar-refractivity contribution in [3.05, 3.63) is 59.0 Å². The lowest BCUT2D eigenvalue weighted by Crippen LogP contribution is -2.35. The Morgan fingerprint density at radius 3 is 2.92 bits per heavy atom. The molecule has 2 heterocycles. The summed E-state index contributed by atoms with van der Waals surface area (Å²) >= 11 is 0.